The molecule has 0 radical (unpaired) electrons. The van der Waals surface area contributed by atoms with Crippen LogP contribution in [-0.4, -0.2) is 50.3 Å². The number of likely N-dealkylation sites (tertiary alicyclic amines) is 1. The average Bonchev–Trinajstić information content (AvgIpc) is 2.84. The minimum Gasteiger partial charge on any atom is -0.444 e. The Balaban J connectivity index is 1.47. The van der Waals surface area contributed by atoms with Crippen LogP contribution in [0.15, 0.2) is 24.4 Å². The molecule has 1 N–H and O–H groups in total. The first kappa shape index (κ1) is 16.7. The lowest BCUT2D eigenvalue weighted by Gasteiger charge is -2.42. The van der Waals surface area contributed by atoms with E-state index in [9.17, 15) is 4.79 Å². The second-order valence-electron chi connectivity index (χ2n) is 7.36. The highest BCUT2D eigenvalue weighted by molar-refractivity contribution is 5.69. The number of hydrogen-bond donors (Lipinski definition) is 1. The molecule has 0 aliphatic carbocycles. The topological polar surface area (TPSA) is 71.8 Å². The van der Waals surface area contributed by atoms with Gasteiger partial charge in [-0.2, -0.15) is 0 Å². The maximum absolute atomic E-state index is 12.0. The third-order valence-electron chi connectivity index (χ3n) is 4.24. The smallest absolute Gasteiger partial charge is 0.410 e. The van der Waals surface area contributed by atoms with Crippen molar-refractivity contribution in [3.8, 4) is 0 Å². The van der Waals surface area contributed by atoms with Gasteiger partial charge in [0.15, 0.2) is 11.5 Å². The van der Waals surface area contributed by atoms with Gasteiger partial charge in [0.25, 0.3) is 0 Å². The van der Waals surface area contributed by atoms with Gasteiger partial charge in [-0.3, -0.25) is 4.40 Å². The first-order valence-corrected chi connectivity index (χ1v) is 8.33. The fourth-order valence-electron chi connectivity index (χ4n) is 2.73. The molecule has 1 fully saturated rings. The molecular formula is C17H25N5O2. The van der Waals surface area contributed by atoms with Crippen molar-refractivity contribution < 1.29 is 9.53 Å². The number of ether oxygens (including phenoxy) is 1. The van der Waals surface area contributed by atoms with E-state index in [0.717, 1.165) is 24.6 Å². The Morgan fingerprint density at radius 3 is 2.83 bits per heavy atom. The Kier molecular flexibility index (Phi) is 4.45. The first-order chi connectivity index (χ1) is 11.3. The second-order valence-corrected chi connectivity index (χ2v) is 7.36. The summed E-state index contributed by atoms with van der Waals surface area (Å²) >= 11 is 0. The molecule has 2 aromatic rings. The van der Waals surface area contributed by atoms with Gasteiger partial charge in [-0.1, -0.05) is 6.07 Å². The van der Waals surface area contributed by atoms with Crippen LogP contribution in [0.1, 0.15) is 33.5 Å². The van der Waals surface area contributed by atoms with Crippen LogP contribution < -0.4 is 5.32 Å². The number of pyridine rings is 1. The van der Waals surface area contributed by atoms with Gasteiger partial charge in [0.2, 0.25) is 0 Å². The number of carbonyl (C=O) groups excluding carboxylic acids is 1. The van der Waals surface area contributed by atoms with Gasteiger partial charge >= 0.3 is 6.09 Å². The number of aromatic nitrogens is 3. The highest BCUT2D eigenvalue weighted by Crippen LogP contribution is 2.22. The van der Waals surface area contributed by atoms with Gasteiger partial charge in [0.05, 0.1) is 6.54 Å². The average molecular weight is 331 g/mol. The Hall–Kier alpha value is -2.15. The van der Waals surface area contributed by atoms with Crippen LogP contribution in [0.4, 0.5) is 4.79 Å². The molecule has 3 heterocycles. The zero-order valence-corrected chi connectivity index (χ0v) is 14.7. The predicted molar refractivity (Wildman–Crippen MR) is 90.6 cm³/mol. The van der Waals surface area contributed by atoms with E-state index in [1.165, 1.54) is 0 Å². The molecule has 1 unspecified atom stereocenters. The molecule has 1 amide bonds. The van der Waals surface area contributed by atoms with Crippen molar-refractivity contribution in [3.05, 3.63) is 30.2 Å². The lowest BCUT2D eigenvalue weighted by atomic mass is 9.93. The van der Waals surface area contributed by atoms with Crippen molar-refractivity contribution in [1.82, 2.24) is 24.8 Å². The number of rotatable bonds is 4. The highest BCUT2D eigenvalue weighted by Gasteiger charge is 2.36. The van der Waals surface area contributed by atoms with E-state index < -0.39 is 5.60 Å². The Morgan fingerprint density at radius 2 is 2.12 bits per heavy atom. The van der Waals surface area contributed by atoms with E-state index in [4.69, 9.17) is 4.74 Å². The fourth-order valence-corrected chi connectivity index (χ4v) is 2.73. The van der Waals surface area contributed by atoms with Crippen molar-refractivity contribution in [2.75, 3.05) is 13.1 Å². The van der Waals surface area contributed by atoms with Gasteiger partial charge in [-0.05, 0) is 39.8 Å². The number of hydrogen-bond acceptors (Lipinski definition) is 5. The van der Waals surface area contributed by atoms with Crippen molar-refractivity contribution in [2.24, 2.45) is 5.92 Å². The molecule has 7 heteroatoms. The maximum Gasteiger partial charge on any atom is 0.410 e. The molecule has 0 saturated carbocycles. The van der Waals surface area contributed by atoms with E-state index in [0.29, 0.717) is 18.5 Å². The second kappa shape index (κ2) is 6.39. The zero-order valence-electron chi connectivity index (χ0n) is 14.7. The van der Waals surface area contributed by atoms with Gasteiger partial charge in [-0.25, -0.2) is 4.79 Å². The molecule has 1 atom stereocenters. The van der Waals surface area contributed by atoms with Crippen LogP contribution in [-0.2, 0) is 11.3 Å². The number of nitrogens with zero attached hydrogens (tertiary/aromatic N) is 4. The van der Waals surface area contributed by atoms with Crippen LogP contribution in [0.25, 0.3) is 5.65 Å². The first-order valence-electron chi connectivity index (χ1n) is 8.33. The molecule has 0 bridgehead atoms. The molecule has 0 spiro atoms. The minimum atomic E-state index is -0.444. The molecule has 1 aliphatic heterocycles. The Labute approximate surface area is 142 Å². The van der Waals surface area contributed by atoms with Crippen LogP contribution in [0.3, 0.4) is 0 Å². The highest BCUT2D eigenvalue weighted by atomic mass is 16.6. The summed E-state index contributed by atoms with van der Waals surface area (Å²) < 4.78 is 7.36. The lowest BCUT2D eigenvalue weighted by Crippen LogP contribution is -2.57. The largest absolute Gasteiger partial charge is 0.444 e. The summed E-state index contributed by atoms with van der Waals surface area (Å²) in [6.45, 7) is 9.89. The number of carbonyl (C=O) groups is 1. The summed E-state index contributed by atoms with van der Waals surface area (Å²) in [5.74, 6) is 1.32. The van der Waals surface area contributed by atoms with Crippen LogP contribution in [0.2, 0.25) is 0 Å². The van der Waals surface area contributed by atoms with E-state index in [1.807, 2.05) is 49.6 Å². The molecule has 0 aromatic carbocycles. The SMILES string of the molecule is CC(NCc1nnc2ccccn12)C1CN(C(=O)OC(C)(C)C)C1. The maximum atomic E-state index is 12.0. The van der Waals surface area contributed by atoms with Gasteiger partial charge in [0.1, 0.15) is 5.60 Å². The predicted octanol–water partition coefficient (Wildman–Crippen LogP) is 2.07. The van der Waals surface area contributed by atoms with Gasteiger partial charge in [-0.15, -0.1) is 10.2 Å². The normalized spacial score (nSPS) is 16.9. The summed E-state index contributed by atoms with van der Waals surface area (Å²) in [6.07, 6.45) is 1.74. The third-order valence-corrected chi connectivity index (χ3v) is 4.24. The molecule has 1 aliphatic rings. The van der Waals surface area contributed by atoms with Crippen molar-refractivity contribution >= 4 is 11.7 Å². The van der Waals surface area contributed by atoms with E-state index in [2.05, 4.69) is 22.4 Å². The molecule has 24 heavy (non-hydrogen) atoms. The summed E-state index contributed by atoms with van der Waals surface area (Å²) in [5, 5.41) is 11.9. The quantitative estimate of drug-likeness (QED) is 0.929. The zero-order chi connectivity index (χ0) is 17.3. The summed E-state index contributed by atoms with van der Waals surface area (Å²) in [5.41, 5.74) is 0.405. The monoisotopic (exact) mass is 331 g/mol. The summed E-state index contributed by atoms with van der Waals surface area (Å²) in [6, 6.07) is 6.14. The molecule has 7 nitrogen and oxygen atoms in total. The molecule has 2 aromatic heterocycles. The van der Waals surface area contributed by atoms with E-state index >= 15 is 0 Å². The number of amides is 1. The van der Waals surface area contributed by atoms with Gasteiger partial charge in [0, 0.05) is 31.2 Å². The van der Waals surface area contributed by atoms with Crippen molar-refractivity contribution in [1.29, 1.82) is 0 Å². The van der Waals surface area contributed by atoms with Crippen LogP contribution in [0, 0.1) is 5.92 Å². The Morgan fingerprint density at radius 1 is 1.38 bits per heavy atom. The fraction of sp³-hybridized carbons (Fsp3) is 0.588. The molecule has 3 rings (SSSR count). The standard InChI is InChI=1S/C17H25N5O2/c1-12(13-10-21(11-13)16(23)24-17(2,3)4)18-9-15-20-19-14-7-5-6-8-22(14)15/h5-8,12-13,18H,9-11H2,1-4H3. The van der Waals surface area contributed by atoms with E-state index in [-0.39, 0.29) is 6.09 Å². The summed E-state index contributed by atoms with van der Waals surface area (Å²) in [4.78, 5) is 13.7. The van der Waals surface area contributed by atoms with Crippen molar-refractivity contribution in [3.63, 3.8) is 0 Å². The van der Waals surface area contributed by atoms with E-state index in [1.54, 1.807) is 4.90 Å². The Bertz CT molecular complexity index is 715. The number of fused-ring (bicyclic) bond motifs is 1. The van der Waals surface area contributed by atoms with Crippen LogP contribution >= 0.6 is 0 Å². The van der Waals surface area contributed by atoms with Crippen molar-refractivity contribution in [2.45, 2.75) is 45.9 Å². The third kappa shape index (κ3) is 3.67. The molecule has 1 saturated heterocycles. The summed E-state index contributed by atoms with van der Waals surface area (Å²) in [7, 11) is 0. The van der Waals surface area contributed by atoms with Gasteiger partial charge < -0.3 is 15.0 Å². The van der Waals surface area contributed by atoms with Crippen LogP contribution in [0.5, 0.6) is 0 Å². The minimum absolute atomic E-state index is 0.227. The molecule has 130 valence electrons. The lowest BCUT2D eigenvalue weighted by molar-refractivity contribution is -0.00583. The number of nitrogens with one attached hydrogen (secondary N) is 1. The molecular weight excluding hydrogens is 306 g/mol.